The van der Waals surface area contributed by atoms with E-state index >= 15 is 0 Å². The largest absolute Gasteiger partial charge is 0.344 e. The Morgan fingerprint density at radius 1 is 1.45 bits per heavy atom. The first-order valence-corrected chi connectivity index (χ1v) is 7.00. The molecule has 0 aromatic heterocycles. The lowest BCUT2D eigenvalue weighted by atomic mass is 10.0. The van der Waals surface area contributed by atoms with Crippen molar-refractivity contribution in [2.24, 2.45) is 11.7 Å². The summed E-state index contributed by atoms with van der Waals surface area (Å²) >= 11 is 0. The van der Waals surface area contributed by atoms with Crippen molar-refractivity contribution in [3.05, 3.63) is 30.3 Å². The zero-order valence-electron chi connectivity index (χ0n) is 11.7. The minimum absolute atomic E-state index is 0.0416. The quantitative estimate of drug-likeness (QED) is 0.857. The number of amides is 2. The van der Waals surface area contributed by atoms with Crippen LogP contribution in [0.2, 0.25) is 0 Å². The maximum absolute atomic E-state index is 12.5. The van der Waals surface area contributed by atoms with Crippen molar-refractivity contribution in [2.75, 3.05) is 18.0 Å². The van der Waals surface area contributed by atoms with Crippen molar-refractivity contribution in [3.8, 4) is 0 Å². The predicted molar refractivity (Wildman–Crippen MR) is 78.2 cm³/mol. The number of hydrogen-bond donors (Lipinski definition) is 2. The second-order valence-electron chi connectivity index (χ2n) is 5.17. The summed E-state index contributed by atoms with van der Waals surface area (Å²) in [6, 6.07) is 9.10. The summed E-state index contributed by atoms with van der Waals surface area (Å²) in [6.07, 6.45) is 1.56. The molecule has 1 heterocycles. The van der Waals surface area contributed by atoms with Crippen molar-refractivity contribution in [2.45, 2.75) is 25.8 Å². The second kappa shape index (κ2) is 6.52. The first kappa shape index (κ1) is 14.5. The standard InChI is InChI=1S/C15H21N3O2/c1-11(10-16)14(19)17-13-8-5-9-18(15(13)20)12-6-3-2-4-7-12/h2-4,6-7,11,13H,5,8-10,16H2,1H3,(H,17,19). The van der Waals surface area contributed by atoms with Crippen molar-refractivity contribution >= 4 is 17.5 Å². The third-order valence-corrected chi connectivity index (χ3v) is 3.62. The molecule has 1 aromatic rings. The summed E-state index contributed by atoms with van der Waals surface area (Å²) in [5, 5.41) is 2.81. The first-order valence-electron chi connectivity index (χ1n) is 7.00. The molecule has 3 N–H and O–H groups in total. The maximum Gasteiger partial charge on any atom is 0.249 e. The molecule has 1 fully saturated rings. The molecule has 0 saturated carbocycles. The molecule has 0 spiro atoms. The van der Waals surface area contributed by atoms with E-state index in [0.29, 0.717) is 13.0 Å². The Kier molecular flexibility index (Phi) is 4.74. The number of para-hydroxylation sites is 1. The summed E-state index contributed by atoms with van der Waals surface area (Å²) < 4.78 is 0. The number of nitrogens with one attached hydrogen (secondary N) is 1. The zero-order chi connectivity index (χ0) is 14.5. The van der Waals surface area contributed by atoms with E-state index in [-0.39, 0.29) is 24.3 Å². The van der Waals surface area contributed by atoms with Crippen molar-refractivity contribution in [1.29, 1.82) is 0 Å². The lowest BCUT2D eigenvalue weighted by Crippen LogP contribution is -2.53. The van der Waals surface area contributed by atoms with Gasteiger partial charge in [-0.1, -0.05) is 25.1 Å². The second-order valence-corrected chi connectivity index (χ2v) is 5.17. The minimum Gasteiger partial charge on any atom is -0.344 e. The molecule has 1 aliphatic rings. The zero-order valence-corrected chi connectivity index (χ0v) is 11.7. The number of nitrogens with two attached hydrogens (primary N) is 1. The highest BCUT2D eigenvalue weighted by atomic mass is 16.2. The lowest BCUT2D eigenvalue weighted by Gasteiger charge is -2.33. The average molecular weight is 275 g/mol. The third kappa shape index (κ3) is 3.17. The Morgan fingerprint density at radius 3 is 2.80 bits per heavy atom. The Morgan fingerprint density at radius 2 is 2.15 bits per heavy atom. The molecule has 0 radical (unpaired) electrons. The molecule has 1 saturated heterocycles. The van der Waals surface area contributed by atoms with Crippen molar-refractivity contribution < 1.29 is 9.59 Å². The number of nitrogens with zero attached hydrogens (tertiary/aromatic N) is 1. The van der Waals surface area contributed by atoms with E-state index < -0.39 is 6.04 Å². The van der Waals surface area contributed by atoms with Gasteiger partial charge in [-0.2, -0.15) is 0 Å². The van der Waals surface area contributed by atoms with Crippen LogP contribution in [0, 0.1) is 5.92 Å². The van der Waals surface area contributed by atoms with E-state index in [1.165, 1.54) is 0 Å². The monoisotopic (exact) mass is 275 g/mol. The van der Waals surface area contributed by atoms with Gasteiger partial charge in [0.15, 0.2) is 0 Å². The third-order valence-electron chi connectivity index (χ3n) is 3.62. The van der Waals surface area contributed by atoms with E-state index in [2.05, 4.69) is 5.32 Å². The van der Waals surface area contributed by atoms with Crippen LogP contribution >= 0.6 is 0 Å². The van der Waals surface area contributed by atoms with Gasteiger partial charge in [0, 0.05) is 24.7 Å². The van der Waals surface area contributed by atoms with Crippen LogP contribution in [-0.2, 0) is 9.59 Å². The Bertz CT molecular complexity index is 475. The minimum atomic E-state index is -0.439. The van der Waals surface area contributed by atoms with Gasteiger partial charge in [-0.25, -0.2) is 0 Å². The molecule has 2 unspecified atom stereocenters. The fraction of sp³-hybridized carbons (Fsp3) is 0.467. The fourth-order valence-corrected chi connectivity index (χ4v) is 2.29. The van der Waals surface area contributed by atoms with Gasteiger partial charge in [0.2, 0.25) is 11.8 Å². The number of benzene rings is 1. The van der Waals surface area contributed by atoms with Crippen LogP contribution in [0.5, 0.6) is 0 Å². The highest BCUT2D eigenvalue weighted by Gasteiger charge is 2.31. The number of rotatable bonds is 4. The van der Waals surface area contributed by atoms with Crippen LogP contribution in [0.1, 0.15) is 19.8 Å². The van der Waals surface area contributed by atoms with Gasteiger partial charge < -0.3 is 16.0 Å². The van der Waals surface area contributed by atoms with Gasteiger partial charge in [-0.05, 0) is 25.0 Å². The topological polar surface area (TPSA) is 75.4 Å². The van der Waals surface area contributed by atoms with Gasteiger partial charge in [-0.15, -0.1) is 0 Å². The summed E-state index contributed by atoms with van der Waals surface area (Å²) in [5.41, 5.74) is 6.35. The SMILES string of the molecule is CC(CN)C(=O)NC1CCCN(c2ccccc2)C1=O. The Hall–Kier alpha value is -1.88. The highest BCUT2D eigenvalue weighted by molar-refractivity contribution is 6.00. The number of carbonyl (C=O) groups is 2. The molecule has 1 aliphatic heterocycles. The number of carbonyl (C=O) groups excluding carboxylic acids is 2. The van der Waals surface area contributed by atoms with Crippen LogP contribution in [0.15, 0.2) is 30.3 Å². The number of anilines is 1. The van der Waals surface area contributed by atoms with E-state index in [1.807, 2.05) is 30.3 Å². The summed E-state index contributed by atoms with van der Waals surface area (Å²) in [4.78, 5) is 26.1. The van der Waals surface area contributed by atoms with Gasteiger partial charge in [0.1, 0.15) is 6.04 Å². The molecule has 0 aliphatic carbocycles. The smallest absolute Gasteiger partial charge is 0.249 e. The normalized spacial score (nSPS) is 20.6. The molecule has 2 amide bonds. The summed E-state index contributed by atoms with van der Waals surface area (Å²) in [7, 11) is 0. The van der Waals surface area contributed by atoms with Gasteiger partial charge in [0.25, 0.3) is 0 Å². The van der Waals surface area contributed by atoms with E-state index in [1.54, 1.807) is 11.8 Å². The lowest BCUT2D eigenvalue weighted by molar-refractivity contribution is -0.130. The highest BCUT2D eigenvalue weighted by Crippen LogP contribution is 2.20. The summed E-state index contributed by atoms with van der Waals surface area (Å²) in [6.45, 7) is 2.74. The van der Waals surface area contributed by atoms with Crippen LogP contribution < -0.4 is 16.0 Å². The van der Waals surface area contributed by atoms with Gasteiger partial charge in [-0.3, -0.25) is 9.59 Å². The molecule has 5 heteroatoms. The Labute approximate surface area is 119 Å². The first-order chi connectivity index (χ1) is 9.63. The molecular formula is C15H21N3O2. The van der Waals surface area contributed by atoms with Crippen molar-refractivity contribution in [3.63, 3.8) is 0 Å². The molecule has 0 bridgehead atoms. The van der Waals surface area contributed by atoms with E-state index in [9.17, 15) is 9.59 Å². The average Bonchev–Trinajstić information content (AvgIpc) is 2.49. The van der Waals surface area contributed by atoms with Crippen LogP contribution in [-0.4, -0.2) is 30.9 Å². The Balaban J connectivity index is 2.06. The summed E-state index contributed by atoms with van der Waals surface area (Å²) in [5.74, 6) is -0.462. The molecular weight excluding hydrogens is 254 g/mol. The van der Waals surface area contributed by atoms with Crippen LogP contribution in [0.3, 0.4) is 0 Å². The van der Waals surface area contributed by atoms with Crippen LogP contribution in [0.4, 0.5) is 5.69 Å². The van der Waals surface area contributed by atoms with Crippen LogP contribution in [0.25, 0.3) is 0 Å². The fourth-order valence-electron chi connectivity index (χ4n) is 2.29. The molecule has 2 rings (SSSR count). The number of hydrogen-bond acceptors (Lipinski definition) is 3. The van der Waals surface area contributed by atoms with Crippen molar-refractivity contribution in [1.82, 2.24) is 5.32 Å². The molecule has 2 atom stereocenters. The van der Waals surface area contributed by atoms with Gasteiger partial charge >= 0.3 is 0 Å². The maximum atomic E-state index is 12.5. The predicted octanol–water partition coefficient (Wildman–Crippen LogP) is 0.893. The molecule has 108 valence electrons. The molecule has 1 aromatic carbocycles. The van der Waals surface area contributed by atoms with E-state index in [0.717, 1.165) is 12.1 Å². The molecule has 5 nitrogen and oxygen atoms in total. The van der Waals surface area contributed by atoms with Gasteiger partial charge in [0.05, 0.1) is 0 Å². The number of piperidine rings is 1. The molecule has 20 heavy (non-hydrogen) atoms. The van der Waals surface area contributed by atoms with E-state index in [4.69, 9.17) is 5.73 Å².